The quantitative estimate of drug-likeness (QED) is 0.752. The highest BCUT2D eigenvalue weighted by Gasteiger charge is 2.13. The van der Waals surface area contributed by atoms with E-state index in [0.29, 0.717) is 6.04 Å². The molecule has 1 atom stereocenters. The van der Waals surface area contributed by atoms with Crippen LogP contribution >= 0.6 is 27.3 Å². The van der Waals surface area contributed by atoms with Gasteiger partial charge in [-0.15, -0.1) is 11.3 Å². The Morgan fingerprint density at radius 1 is 1.33 bits per heavy atom. The number of nitrogens with zero attached hydrogens (tertiary/aromatic N) is 1. The van der Waals surface area contributed by atoms with Crippen LogP contribution in [0.5, 0.6) is 0 Å². The van der Waals surface area contributed by atoms with Crippen molar-refractivity contribution >= 4 is 33.0 Å². The molecule has 4 heteroatoms. The Hall–Kier alpha value is -0.840. The lowest BCUT2D eigenvalue weighted by Crippen LogP contribution is -2.25. The third kappa shape index (κ3) is 4.56. The number of hydrogen-bond donors (Lipinski definition) is 1. The van der Waals surface area contributed by atoms with Crippen molar-refractivity contribution in [2.75, 3.05) is 25.0 Å². The molecule has 2 nitrogen and oxygen atoms in total. The number of thiophene rings is 1. The van der Waals surface area contributed by atoms with Gasteiger partial charge >= 0.3 is 0 Å². The molecule has 0 spiro atoms. The minimum atomic E-state index is 0.363. The molecule has 0 radical (unpaired) electrons. The Balaban J connectivity index is 2.14. The smallest absolute Gasteiger partial charge is 0.0423 e. The minimum Gasteiger partial charge on any atom is -0.374 e. The summed E-state index contributed by atoms with van der Waals surface area (Å²) in [4.78, 5) is 3.80. The van der Waals surface area contributed by atoms with Crippen molar-refractivity contribution in [3.8, 4) is 0 Å². The summed E-state index contributed by atoms with van der Waals surface area (Å²) in [5.74, 6) is 0. The molecule has 0 aliphatic rings. The summed E-state index contributed by atoms with van der Waals surface area (Å²) in [6, 6.07) is 11.3. The first-order valence-corrected chi connectivity index (χ1v) is 9.05. The van der Waals surface area contributed by atoms with Crippen molar-refractivity contribution < 1.29 is 0 Å². The fraction of sp³-hybridized carbons (Fsp3) is 0.412. The second-order valence-electron chi connectivity index (χ2n) is 5.23. The molecule has 0 amide bonds. The second-order valence-corrected chi connectivity index (χ2v) is 7.18. The van der Waals surface area contributed by atoms with Crippen LogP contribution < -0.4 is 10.2 Å². The average Bonchev–Trinajstić information content (AvgIpc) is 2.98. The molecule has 1 N–H and O–H groups in total. The summed E-state index contributed by atoms with van der Waals surface area (Å²) in [7, 11) is 2.18. The highest BCUT2D eigenvalue weighted by molar-refractivity contribution is 9.10. The van der Waals surface area contributed by atoms with Gasteiger partial charge in [-0.1, -0.05) is 35.0 Å². The highest BCUT2D eigenvalue weighted by Crippen LogP contribution is 2.29. The van der Waals surface area contributed by atoms with Gasteiger partial charge in [0.05, 0.1) is 0 Å². The van der Waals surface area contributed by atoms with Crippen LogP contribution in [0.1, 0.15) is 30.3 Å². The third-order valence-electron chi connectivity index (χ3n) is 3.65. The number of likely N-dealkylation sites (N-methyl/N-ethyl adjacent to an activating group) is 1. The molecular formula is C17H23BrN2S. The first kappa shape index (κ1) is 16.5. The van der Waals surface area contributed by atoms with E-state index in [1.165, 1.54) is 16.1 Å². The van der Waals surface area contributed by atoms with Crippen molar-refractivity contribution in [1.29, 1.82) is 0 Å². The standard InChI is InChI=1S/C17H23BrN2S/c1-4-19-13(2)16-8-7-14(18)12-17(16)20(3)10-9-15-6-5-11-21-15/h5-8,11-13,19H,4,9-10H2,1-3H3. The molecule has 2 rings (SSSR count). The highest BCUT2D eigenvalue weighted by atomic mass is 79.9. The molecule has 21 heavy (non-hydrogen) atoms. The lowest BCUT2D eigenvalue weighted by atomic mass is 10.1. The van der Waals surface area contributed by atoms with Gasteiger partial charge in [0.1, 0.15) is 0 Å². The van der Waals surface area contributed by atoms with E-state index in [9.17, 15) is 0 Å². The third-order valence-corrected chi connectivity index (χ3v) is 5.08. The molecule has 0 saturated carbocycles. The first-order chi connectivity index (χ1) is 10.1. The van der Waals surface area contributed by atoms with Crippen molar-refractivity contribution in [2.24, 2.45) is 0 Å². The largest absolute Gasteiger partial charge is 0.374 e. The van der Waals surface area contributed by atoms with E-state index in [-0.39, 0.29) is 0 Å². The van der Waals surface area contributed by atoms with Crippen LogP contribution in [0.15, 0.2) is 40.2 Å². The summed E-state index contributed by atoms with van der Waals surface area (Å²) in [6.45, 7) is 6.39. The van der Waals surface area contributed by atoms with E-state index in [1.54, 1.807) is 0 Å². The van der Waals surface area contributed by atoms with Gasteiger partial charge in [-0.25, -0.2) is 0 Å². The predicted molar refractivity (Wildman–Crippen MR) is 97.5 cm³/mol. The lowest BCUT2D eigenvalue weighted by Gasteiger charge is -2.26. The zero-order valence-electron chi connectivity index (χ0n) is 12.9. The average molecular weight is 367 g/mol. The molecule has 114 valence electrons. The van der Waals surface area contributed by atoms with Gasteiger partial charge in [0.15, 0.2) is 0 Å². The molecule has 0 bridgehead atoms. The maximum atomic E-state index is 3.60. The van der Waals surface area contributed by atoms with Gasteiger partial charge in [-0.05, 0) is 49.0 Å². The number of nitrogens with one attached hydrogen (secondary N) is 1. The van der Waals surface area contributed by atoms with E-state index in [2.05, 4.69) is 82.8 Å². The topological polar surface area (TPSA) is 15.3 Å². The van der Waals surface area contributed by atoms with E-state index < -0.39 is 0 Å². The SMILES string of the molecule is CCNC(C)c1ccc(Br)cc1N(C)CCc1cccs1. The Bertz CT molecular complexity index is 554. The molecular weight excluding hydrogens is 344 g/mol. The van der Waals surface area contributed by atoms with Crippen LogP contribution in [0, 0.1) is 0 Å². The first-order valence-electron chi connectivity index (χ1n) is 7.38. The molecule has 0 aliphatic carbocycles. The fourth-order valence-electron chi connectivity index (χ4n) is 2.48. The summed E-state index contributed by atoms with van der Waals surface area (Å²) in [5, 5.41) is 5.65. The number of benzene rings is 1. The summed E-state index contributed by atoms with van der Waals surface area (Å²) < 4.78 is 1.13. The normalized spacial score (nSPS) is 12.4. The lowest BCUT2D eigenvalue weighted by molar-refractivity contribution is 0.597. The maximum Gasteiger partial charge on any atom is 0.0423 e. The molecule has 2 aromatic rings. The summed E-state index contributed by atoms with van der Waals surface area (Å²) in [5.41, 5.74) is 2.66. The minimum absolute atomic E-state index is 0.363. The van der Waals surface area contributed by atoms with Gasteiger partial charge in [0.25, 0.3) is 0 Å². The molecule has 1 aromatic carbocycles. The number of rotatable bonds is 7. The molecule has 1 unspecified atom stereocenters. The Kier molecular flexibility index (Phi) is 6.27. The summed E-state index contributed by atoms with van der Waals surface area (Å²) >= 11 is 5.43. The van der Waals surface area contributed by atoms with Gasteiger partial charge in [-0.2, -0.15) is 0 Å². The molecule has 0 fully saturated rings. The van der Waals surface area contributed by atoms with E-state index in [1.807, 2.05) is 11.3 Å². The van der Waals surface area contributed by atoms with Crippen LogP contribution in [0.4, 0.5) is 5.69 Å². The molecule has 1 heterocycles. The second kappa shape index (κ2) is 7.97. The van der Waals surface area contributed by atoms with Crippen LogP contribution in [0.2, 0.25) is 0 Å². The van der Waals surface area contributed by atoms with Gasteiger partial charge in [0, 0.05) is 34.7 Å². The summed E-state index contributed by atoms with van der Waals surface area (Å²) in [6.07, 6.45) is 1.09. The van der Waals surface area contributed by atoms with Crippen LogP contribution in [0.25, 0.3) is 0 Å². The number of hydrogen-bond acceptors (Lipinski definition) is 3. The van der Waals surface area contributed by atoms with Crippen molar-refractivity contribution in [3.63, 3.8) is 0 Å². The van der Waals surface area contributed by atoms with Crippen LogP contribution in [0.3, 0.4) is 0 Å². The van der Waals surface area contributed by atoms with Crippen molar-refractivity contribution in [2.45, 2.75) is 26.3 Å². The molecule has 0 saturated heterocycles. The van der Waals surface area contributed by atoms with E-state index in [4.69, 9.17) is 0 Å². The predicted octanol–water partition coefficient (Wildman–Crippen LogP) is 4.86. The Morgan fingerprint density at radius 3 is 2.81 bits per heavy atom. The van der Waals surface area contributed by atoms with Crippen molar-refractivity contribution in [1.82, 2.24) is 5.32 Å². The zero-order valence-corrected chi connectivity index (χ0v) is 15.3. The Labute approximate surface area is 140 Å². The maximum absolute atomic E-state index is 3.60. The van der Waals surface area contributed by atoms with Gasteiger partial charge in [0.2, 0.25) is 0 Å². The molecule has 0 aliphatic heterocycles. The molecule has 1 aromatic heterocycles. The van der Waals surface area contributed by atoms with Crippen molar-refractivity contribution in [3.05, 3.63) is 50.6 Å². The van der Waals surface area contributed by atoms with Gasteiger partial charge in [-0.3, -0.25) is 0 Å². The van der Waals surface area contributed by atoms with Crippen LogP contribution in [-0.2, 0) is 6.42 Å². The van der Waals surface area contributed by atoms with Crippen LogP contribution in [-0.4, -0.2) is 20.1 Å². The number of halogens is 1. The van der Waals surface area contributed by atoms with Gasteiger partial charge < -0.3 is 10.2 Å². The van der Waals surface area contributed by atoms with E-state index in [0.717, 1.165) is 24.0 Å². The zero-order chi connectivity index (χ0) is 15.2. The fourth-order valence-corrected chi connectivity index (χ4v) is 3.53. The Morgan fingerprint density at radius 2 is 2.14 bits per heavy atom. The monoisotopic (exact) mass is 366 g/mol. The number of anilines is 1. The van der Waals surface area contributed by atoms with E-state index >= 15 is 0 Å².